The van der Waals surface area contributed by atoms with Gasteiger partial charge in [-0.15, -0.1) is 21.5 Å². The number of thiophene rings is 1. The van der Waals surface area contributed by atoms with E-state index in [4.69, 9.17) is 10.5 Å². The van der Waals surface area contributed by atoms with Crippen molar-refractivity contribution in [2.45, 2.75) is 34.4 Å². The number of hydrogen-bond donors (Lipinski definition) is 2. The van der Waals surface area contributed by atoms with Gasteiger partial charge in [0.1, 0.15) is 5.00 Å². The van der Waals surface area contributed by atoms with E-state index in [1.807, 2.05) is 5.38 Å². The maximum atomic E-state index is 12.3. The van der Waals surface area contributed by atoms with Crippen LogP contribution in [0.1, 0.15) is 41.6 Å². The van der Waals surface area contributed by atoms with Crippen LogP contribution in [0.5, 0.6) is 0 Å². The molecule has 0 bridgehead atoms. The fourth-order valence-corrected chi connectivity index (χ4v) is 5.91. The van der Waals surface area contributed by atoms with E-state index in [2.05, 4.69) is 15.5 Å². The van der Waals surface area contributed by atoms with Gasteiger partial charge in [0.25, 0.3) is 0 Å². The van der Waals surface area contributed by atoms with Crippen LogP contribution < -0.4 is 11.1 Å². The quantitative estimate of drug-likeness (QED) is 0.411. The van der Waals surface area contributed by atoms with Crippen LogP contribution in [-0.4, -0.2) is 46.1 Å². The number of hydrogen-bond acceptors (Lipinski definition) is 10. The molecule has 28 heavy (non-hydrogen) atoms. The number of rotatable bonds is 10. The molecule has 1 saturated carbocycles. The fraction of sp³-hybridized carbons (Fsp3) is 0.438. The molecule has 0 spiro atoms. The Morgan fingerprint density at radius 2 is 1.93 bits per heavy atom. The number of primary amides is 1. The predicted molar refractivity (Wildman–Crippen MR) is 111 cm³/mol. The van der Waals surface area contributed by atoms with Gasteiger partial charge in [-0.1, -0.05) is 34.9 Å². The molecule has 1 aliphatic rings. The first-order valence-electron chi connectivity index (χ1n) is 8.43. The zero-order valence-electron chi connectivity index (χ0n) is 14.9. The largest absolute Gasteiger partial charge is 0.462 e. The topological polar surface area (TPSA) is 124 Å². The first kappa shape index (κ1) is 21.1. The van der Waals surface area contributed by atoms with Crippen LogP contribution in [0.4, 0.5) is 5.00 Å². The number of anilines is 1. The summed E-state index contributed by atoms with van der Waals surface area (Å²) in [6.45, 7) is 2.04. The predicted octanol–water partition coefficient (Wildman–Crippen LogP) is 2.96. The summed E-state index contributed by atoms with van der Waals surface area (Å²) in [4.78, 5) is 35.5. The SMILES string of the molecule is CCOC(=O)c1c(C2CC2)csc1NC(=O)CSc1nnc(SCC(N)=O)s1. The minimum atomic E-state index is -0.423. The van der Waals surface area contributed by atoms with Gasteiger partial charge in [-0.25, -0.2) is 4.79 Å². The van der Waals surface area contributed by atoms with Crippen molar-refractivity contribution in [3.63, 3.8) is 0 Å². The molecule has 3 rings (SSSR count). The first-order valence-corrected chi connectivity index (χ1v) is 12.1. The second-order valence-electron chi connectivity index (χ2n) is 5.82. The van der Waals surface area contributed by atoms with Crippen molar-refractivity contribution in [2.75, 3.05) is 23.4 Å². The van der Waals surface area contributed by atoms with Crippen LogP contribution in [0.3, 0.4) is 0 Å². The number of nitrogens with zero attached hydrogens (tertiary/aromatic N) is 2. The highest BCUT2D eigenvalue weighted by Gasteiger charge is 2.32. The number of amides is 2. The van der Waals surface area contributed by atoms with Crippen LogP contribution in [0.2, 0.25) is 0 Å². The van der Waals surface area contributed by atoms with E-state index >= 15 is 0 Å². The van der Waals surface area contributed by atoms with Gasteiger partial charge in [0.05, 0.1) is 23.7 Å². The van der Waals surface area contributed by atoms with Crippen molar-refractivity contribution in [3.8, 4) is 0 Å². The summed E-state index contributed by atoms with van der Waals surface area (Å²) < 4.78 is 6.40. The Morgan fingerprint density at radius 3 is 2.54 bits per heavy atom. The molecule has 0 radical (unpaired) electrons. The normalized spacial score (nSPS) is 13.3. The van der Waals surface area contributed by atoms with E-state index in [1.165, 1.54) is 46.2 Å². The van der Waals surface area contributed by atoms with Gasteiger partial charge < -0.3 is 15.8 Å². The highest BCUT2D eigenvalue weighted by Crippen LogP contribution is 2.46. The second-order valence-corrected chi connectivity index (χ2v) is 10.1. The van der Waals surface area contributed by atoms with Crippen LogP contribution in [0, 0.1) is 0 Å². The van der Waals surface area contributed by atoms with Gasteiger partial charge in [-0.05, 0) is 36.6 Å². The van der Waals surface area contributed by atoms with Crippen molar-refractivity contribution < 1.29 is 19.1 Å². The minimum Gasteiger partial charge on any atom is -0.462 e. The van der Waals surface area contributed by atoms with Crippen LogP contribution >= 0.6 is 46.2 Å². The zero-order chi connectivity index (χ0) is 20.1. The first-order chi connectivity index (χ1) is 13.5. The van der Waals surface area contributed by atoms with E-state index in [9.17, 15) is 14.4 Å². The Hall–Kier alpha value is -1.63. The van der Waals surface area contributed by atoms with Crippen molar-refractivity contribution >= 4 is 69.0 Å². The third-order valence-electron chi connectivity index (χ3n) is 3.62. The Bertz CT molecular complexity index is 878. The van der Waals surface area contributed by atoms with Gasteiger partial charge in [-0.3, -0.25) is 9.59 Å². The smallest absolute Gasteiger partial charge is 0.341 e. The molecule has 0 unspecified atom stereocenters. The molecule has 0 aromatic carbocycles. The van der Waals surface area contributed by atoms with Crippen LogP contribution in [0.15, 0.2) is 14.1 Å². The second kappa shape index (κ2) is 9.72. The summed E-state index contributed by atoms with van der Waals surface area (Å²) in [6, 6.07) is 0. The average molecular weight is 459 g/mol. The monoisotopic (exact) mass is 458 g/mol. The number of carbonyl (C=O) groups excluding carboxylic acids is 3. The summed E-state index contributed by atoms with van der Waals surface area (Å²) in [7, 11) is 0. The zero-order valence-corrected chi connectivity index (χ0v) is 18.2. The van der Waals surface area contributed by atoms with Gasteiger partial charge in [0, 0.05) is 0 Å². The maximum absolute atomic E-state index is 12.3. The standard InChI is InChI=1S/C16H18N4O4S4/c1-2-24-14(23)12-9(8-3-4-8)5-25-13(12)18-11(22)7-27-16-20-19-15(28-16)26-6-10(17)21/h5,8H,2-4,6-7H2,1H3,(H2,17,21)(H,18,22). The molecule has 0 aliphatic heterocycles. The average Bonchev–Trinajstić information content (AvgIpc) is 3.25. The number of ether oxygens (including phenoxy) is 1. The van der Waals surface area contributed by atoms with Crippen molar-refractivity contribution in [1.82, 2.24) is 10.2 Å². The van der Waals surface area contributed by atoms with E-state index in [0.717, 1.165) is 18.4 Å². The molecule has 3 N–H and O–H groups in total. The molecule has 2 heterocycles. The third kappa shape index (κ3) is 5.69. The molecule has 2 amide bonds. The Kier molecular flexibility index (Phi) is 7.32. The highest BCUT2D eigenvalue weighted by molar-refractivity contribution is 8.03. The fourth-order valence-electron chi connectivity index (χ4n) is 2.31. The van der Waals surface area contributed by atoms with Gasteiger partial charge in [0.2, 0.25) is 11.8 Å². The van der Waals surface area contributed by atoms with Gasteiger partial charge in [-0.2, -0.15) is 0 Å². The lowest BCUT2D eigenvalue weighted by Gasteiger charge is -2.07. The molecule has 150 valence electrons. The number of aromatic nitrogens is 2. The van der Waals surface area contributed by atoms with Crippen LogP contribution in [0.25, 0.3) is 0 Å². The van der Waals surface area contributed by atoms with E-state index in [1.54, 1.807) is 6.92 Å². The molecule has 8 nitrogen and oxygen atoms in total. The molecule has 0 atom stereocenters. The number of esters is 1. The molecule has 1 fully saturated rings. The summed E-state index contributed by atoms with van der Waals surface area (Å²) in [5, 5.41) is 13.2. The summed E-state index contributed by atoms with van der Waals surface area (Å²) >= 11 is 5.10. The number of nitrogens with two attached hydrogens (primary N) is 1. The van der Waals surface area contributed by atoms with Crippen molar-refractivity contribution in [1.29, 1.82) is 0 Å². The van der Waals surface area contributed by atoms with Crippen LogP contribution in [-0.2, 0) is 14.3 Å². The molecule has 1 aliphatic carbocycles. The summed E-state index contributed by atoms with van der Waals surface area (Å²) in [5.41, 5.74) is 6.55. The number of thioether (sulfide) groups is 2. The van der Waals surface area contributed by atoms with E-state index in [0.29, 0.717) is 25.2 Å². The van der Waals surface area contributed by atoms with E-state index in [-0.39, 0.29) is 24.0 Å². The lowest BCUT2D eigenvalue weighted by molar-refractivity contribution is -0.115. The van der Waals surface area contributed by atoms with Gasteiger partial charge in [0.15, 0.2) is 8.68 Å². The Balaban J connectivity index is 1.58. The third-order valence-corrected chi connectivity index (χ3v) is 7.75. The molecule has 0 saturated heterocycles. The minimum absolute atomic E-state index is 0.133. The number of nitrogens with one attached hydrogen (secondary N) is 1. The Labute approximate surface area is 178 Å². The summed E-state index contributed by atoms with van der Waals surface area (Å²) in [5.74, 6) is -0.400. The molecule has 2 aromatic rings. The molecule has 12 heteroatoms. The van der Waals surface area contributed by atoms with Crippen molar-refractivity contribution in [2.24, 2.45) is 5.73 Å². The number of carbonyl (C=O) groups is 3. The summed E-state index contributed by atoms with van der Waals surface area (Å²) in [6.07, 6.45) is 2.11. The lowest BCUT2D eigenvalue weighted by Crippen LogP contribution is -2.16. The Morgan fingerprint density at radius 1 is 1.25 bits per heavy atom. The maximum Gasteiger partial charge on any atom is 0.341 e. The van der Waals surface area contributed by atoms with Crippen molar-refractivity contribution in [3.05, 3.63) is 16.5 Å². The molecular weight excluding hydrogens is 440 g/mol. The molecule has 2 aromatic heterocycles. The highest BCUT2D eigenvalue weighted by atomic mass is 32.2. The molecular formula is C16H18N4O4S4. The van der Waals surface area contributed by atoms with E-state index < -0.39 is 11.9 Å². The lowest BCUT2D eigenvalue weighted by atomic mass is 10.1. The van der Waals surface area contributed by atoms with Gasteiger partial charge >= 0.3 is 5.97 Å².